The van der Waals surface area contributed by atoms with E-state index >= 15 is 0 Å². The molecule has 0 saturated carbocycles. The van der Waals surface area contributed by atoms with Gasteiger partial charge in [-0.05, 0) is 135 Å². The quantitative estimate of drug-likeness (QED) is 0.193. The number of likely N-dealkylation sites (tertiary alicyclic amines) is 2. The van der Waals surface area contributed by atoms with Crippen molar-refractivity contribution < 1.29 is 24.5 Å². The van der Waals surface area contributed by atoms with Crippen molar-refractivity contribution in [3.05, 3.63) is 77.9 Å². The predicted octanol–water partition coefficient (Wildman–Crippen LogP) is 6.90. The van der Waals surface area contributed by atoms with Crippen LogP contribution in [0.2, 0.25) is 0 Å². The number of phenols is 1. The smallest absolute Gasteiger partial charge is 0.300 e. The largest absolute Gasteiger partial charge is 0.508 e. The van der Waals surface area contributed by atoms with Crippen LogP contribution in [-0.2, 0) is 11.2 Å². The van der Waals surface area contributed by atoms with Gasteiger partial charge in [-0.2, -0.15) is 0 Å². The van der Waals surface area contributed by atoms with Crippen LogP contribution in [0.15, 0.2) is 66.7 Å². The van der Waals surface area contributed by atoms with Gasteiger partial charge in [0.25, 0.3) is 5.97 Å². The Morgan fingerprint density at radius 2 is 1.30 bits per heavy atom. The van der Waals surface area contributed by atoms with E-state index in [0.717, 1.165) is 55.8 Å². The van der Waals surface area contributed by atoms with Gasteiger partial charge in [0.05, 0.1) is 0 Å². The highest BCUT2D eigenvalue weighted by atomic mass is 32.1. The molecule has 2 aliphatic heterocycles. The molecule has 2 aliphatic rings. The maximum atomic E-state index is 10.1. The Morgan fingerprint density at radius 1 is 0.791 bits per heavy atom. The lowest BCUT2D eigenvalue weighted by molar-refractivity contribution is -0.134. The van der Waals surface area contributed by atoms with Crippen molar-refractivity contribution in [1.82, 2.24) is 9.80 Å². The summed E-state index contributed by atoms with van der Waals surface area (Å²) < 4.78 is 13.2. The fourth-order valence-electron chi connectivity index (χ4n) is 5.76. The zero-order valence-electron chi connectivity index (χ0n) is 25.0. The fraction of sp³-hybridized carbons (Fsp3) is 0.400. The molecule has 228 valence electrons. The first kappa shape index (κ1) is 30.9. The number of nitrogens with zero attached hydrogens (tertiary/aromatic N) is 2. The van der Waals surface area contributed by atoms with Crippen LogP contribution < -0.4 is 9.47 Å². The molecule has 4 aromatic rings. The SMILES string of the molecule is CC(=O)O.Oc1ccc2c(Cc3ccc(OCCN4CCCC4)cc3)c(-c3ccc(OCCN4CCCC4)cc3)sc2c1. The molecule has 0 atom stereocenters. The van der Waals surface area contributed by atoms with Gasteiger partial charge in [-0.25, -0.2) is 0 Å². The number of carboxylic acids is 1. The lowest BCUT2D eigenvalue weighted by Crippen LogP contribution is -2.25. The number of ether oxygens (including phenoxy) is 2. The van der Waals surface area contributed by atoms with Gasteiger partial charge in [-0.15, -0.1) is 11.3 Å². The number of rotatable bonds is 11. The molecule has 0 radical (unpaired) electrons. The Bertz CT molecular complexity index is 1450. The summed E-state index contributed by atoms with van der Waals surface area (Å²) in [6.45, 7) is 9.33. The molecule has 3 heterocycles. The van der Waals surface area contributed by atoms with Gasteiger partial charge in [0.15, 0.2) is 0 Å². The van der Waals surface area contributed by atoms with E-state index in [2.05, 4.69) is 58.3 Å². The van der Waals surface area contributed by atoms with Crippen LogP contribution in [-0.4, -0.2) is 78.5 Å². The lowest BCUT2D eigenvalue weighted by atomic mass is 9.99. The van der Waals surface area contributed by atoms with Crippen molar-refractivity contribution in [3.8, 4) is 27.7 Å². The summed E-state index contributed by atoms with van der Waals surface area (Å²) in [6, 6.07) is 22.7. The number of fused-ring (bicyclic) bond motifs is 1. The number of hydrogen-bond acceptors (Lipinski definition) is 7. The highest BCUT2D eigenvalue weighted by Crippen LogP contribution is 2.41. The van der Waals surface area contributed by atoms with Crippen molar-refractivity contribution in [1.29, 1.82) is 0 Å². The van der Waals surface area contributed by atoms with Gasteiger partial charge in [0.2, 0.25) is 0 Å². The molecule has 7 nitrogen and oxygen atoms in total. The maximum Gasteiger partial charge on any atom is 0.300 e. The fourth-order valence-corrected chi connectivity index (χ4v) is 7.02. The summed E-state index contributed by atoms with van der Waals surface area (Å²) in [5, 5.41) is 18.7. The Morgan fingerprint density at radius 3 is 1.84 bits per heavy atom. The van der Waals surface area contributed by atoms with E-state index in [1.807, 2.05) is 12.1 Å². The third-order valence-corrected chi connectivity index (χ3v) is 9.19. The minimum Gasteiger partial charge on any atom is -0.508 e. The number of aliphatic carboxylic acids is 1. The molecule has 0 aliphatic carbocycles. The van der Waals surface area contributed by atoms with Gasteiger partial charge >= 0.3 is 0 Å². The average Bonchev–Trinajstić information content (AvgIpc) is 3.77. The molecule has 0 spiro atoms. The zero-order valence-corrected chi connectivity index (χ0v) is 25.8. The second-order valence-electron chi connectivity index (χ2n) is 11.2. The molecule has 6 rings (SSSR count). The number of benzene rings is 3. The molecular formula is C35H42N2O5S. The second-order valence-corrected chi connectivity index (χ2v) is 12.3. The Balaban J connectivity index is 0.000000868. The number of carbonyl (C=O) groups is 1. The van der Waals surface area contributed by atoms with Crippen molar-refractivity contribution >= 4 is 27.4 Å². The number of aromatic hydroxyl groups is 1. The molecule has 8 heteroatoms. The Hall–Kier alpha value is -3.59. The lowest BCUT2D eigenvalue weighted by Gasteiger charge is -2.15. The van der Waals surface area contributed by atoms with E-state index in [1.165, 1.54) is 78.8 Å². The number of hydrogen-bond donors (Lipinski definition) is 2. The van der Waals surface area contributed by atoms with E-state index in [9.17, 15) is 5.11 Å². The van der Waals surface area contributed by atoms with Crippen LogP contribution in [0.4, 0.5) is 0 Å². The highest BCUT2D eigenvalue weighted by molar-refractivity contribution is 7.22. The predicted molar refractivity (Wildman–Crippen MR) is 174 cm³/mol. The molecule has 0 amide bonds. The van der Waals surface area contributed by atoms with E-state index in [-0.39, 0.29) is 0 Å². The van der Waals surface area contributed by atoms with Gasteiger partial charge in [-0.3, -0.25) is 14.6 Å². The average molecular weight is 603 g/mol. The maximum absolute atomic E-state index is 10.1. The molecule has 2 N–H and O–H groups in total. The summed E-state index contributed by atoms with van der Waals surface area (Å²) in [5.74, 6) is 1.32. The van der Waals surface area contributed by atoms with Crippen molar-refractivity contribution in [2.45, 2.75) is 39.0 Å². The summed E-state index contributed by atoms with van der Waals surface area (Å²) in [4.78, 5) is 15.2. The van der Waals surface area contributed by atoms with E-state index < -0.39 is 5.97 Å². The minimum absolute atomic E-state index is 0.305. The van der Waals surface area contributed by atoms with E-state index in [1.54, 1.807) is 17.4 Å². The molecule has 0 unspecified atom stereocenters. The van der Waals surface area contributed by atoms with Gasteiger partial charge in [0.1, 0.15) is 30.5 Å². The van der Waals surface area contributed by atoms with E-state index in [4.69, 9.17) is 19.4 Å². The van der Waals surface area contributed by atoms with Gasteiger partial charge in [0, 0.05) is 29.6 Å². The molecule has 43 heavy (non-hydrogen) atoms. The van der Waals surface area contributed by atoms with Crippen molar-refractivity contribution in [2.24, 2.45) is 0 Å². The van der Waals surface area contributed by atoms with Crippen molar-refractivity contribution in [2.75, 3.05) is 52.5 Å². The summed E-state index contributed by atoms with van der Waals surface area (Å²) in [5.41, 5.74) is 3.72. The van der Waals surface area contributed by atoms with Crippen LogP contribution in [0.25, 0.3) is 20.5 Å². The first-order chi connectivity index (χ1) is 20.9. The third-order valence-electron chi connectivity index (χ3n) is 7.95. The first-order valence-electron chi connectivity index (χ1n) is 15.3. The minimum atomic E-state index is -0.833. The number of carboxylic acid groups (broad SMARTS) is 1. The summed E-state index contributed by atoms with van der Waals surface area (Å²) in [6.07, 6.45) is 6.05. The third kappa shape index (κ3) is 8.95. The second kappa shape index (κ2) is 15.2. The van der Waals surface area contributed by atoms with Gasteiger partial charge < -0.3 is 19.7 Å². The molecule has 0 bridgehead atoms. The standard InChI is InChI=1S/C33H38N2O3S.C2H4O2/c36-27-9-14-30-31(23-25-5-10-28(11-6-25)37-21-19-34-15-1-2-16-34)33(39-32(30)24-27)26-7-12-29(13-8-26)38-22-20-35-17-3-4-18-35;1-2(3)4/h5-14,24,36H,1-4,15-23H2;1H3,(H,3,4). The molecular weight excluding hydrogens is 560 g/mol. The Kier molecular flexibility index (Phi) is 10.9. The van der Waals surface area contributed by atoms with Crippen LogP contribution in [0, 0.1) is 0 Å². The normalized spacial score (nSPS) is 15.4. The Labute approximate surface area is 258 Å². The van der Waals surface area contributed by atoms with Crippen LogP contribution in [0.1, 0.15) is 43.7 Å². The van der Waals surface area contributed by atoms with Crippen LogP contribution in [0.3, 0.4) is 0 Å². The van der Waals surface area contributed by atoms with Crippen molar-refractivity contribution in [3.63, 3.8) is 0 Å². The summed E-state index contributed by atoms with van der Waals surface area (Å²) >= 11 is 1.74. The zero-order chi connectivity index (χ0) is 30.0. The van der Waals surface area contributed by atoms with Crippen LogP contribution in [0.5, 0.6) is 17.2 Å². The topological polar surface area (TPSA) is 82.5 Å². The summed E-state index contributed by atoms with van der Waals surface area (Å²) in [7, 11) is 0. The highest BCUT2D eigenvalue weighted by Gasteiger charge is 2.16. The first-order valence-corrected chi connectivity index (χ1v) is 16.1. The molecule has 2 saturated heterocycles. The molecule has 2 fully saturated rings. The number of thiophene rings is 1. The molecule has 3 aromatic carbocycles. The van der Waals surface area contributed by atoms with Crippen LogP contribution >= 0.6 is 11.3 Å². The van der Waals surface area contributed by atoms with Gasteiger partial charge in [-0.1, -0.05) is 12.1 Å². The molecule has 1 aromatic heterocycles. The van der Waals surface area contributed by atoms with E-state index in [0.29, 0.717) is 5.75 Å². The monoisotopic (exact) mass is 602 g/mol. The number of phenolic OH excluding ortho intramolecular Hbond substituents is 1.